The van der Waals surface area contributed by atoms with E-state index in [-0.39, 0.29) is 18.0 Å². The van der Waals surface area contributed by atoms with Crippen molar-refractivity contribution >= 4 is 5.91 Å². The Bertz CT molecular complexity index is 975. The third-order valence-electron chi connectivity index (χ3n) is 3.90. The molecule has 1 amide bonds. The van der Waals surface area contributed by atoms with Crippen LogP contribution in [0.15, 0.2) is 45.7 Å². The molecule has 1 unspecified atom stereocenters. The molecule has 0 aliphatic rings. The van der Waals surface area contributed by atoms with Crippen LogP contribution in [0.1, 0.15) is 30.2 Å². The molecule has 3 aromatic rings. The third-order valence-corrected chi connectivity index (χ3v) is 3.90. The van der Waals surface area contributed by atoms with Crippen LogP contribution in [0.25, 0.3) is 11.3 Å². The first-order valence-corrected chi connectivity index (χ1v) is 8.18. The summed E-state index contributed by atoms with van der Waals surface area (Å²) in [6.45, 7) is 5.39. The molecule has 0 spiro atoms. The monoisotopic (exact) mass is 353 g/mol. The van der Waals surface area contributed by atoms with E-state index in [1.807, 2.05) is 31.2 Å². The van der Waals surface area contributed by atoms with E-state index in [0.29, 0.717) is 17.4 Å². The SMILES string of the molecule is Cc1ccc(-c2ccc(=O)n(C(C)C(=O)NCc3nc(C)no3)n2)cc1. The minimum Gasteiger partial charge on any atom is -0.345 e. The van der Waals surface area contributed by atoms with Gasteiger partial charge in [-0.3, -0.25) is 9.59 Å². The number of amides is 1. The van der Waals surface area contributed by atoms with Crippen molar-refractivity contribution < 1.29 is 9.32 Å². The fraction of sp³-hybridized carbons (Fsp3) is 0.278. The Morgan fingerprint density at radius 3 is 2.58 bits per heavy atom. The van der Waals surface area contributed by atoms with Crippen LogP contribution in [0, 0.1) is 13.8 Å². The zero-order valence-electron chi connectivity index (χ0n) is 14.8. The number of hydrogen-bond donors (Lipinski definition) is 1. The average molecular weight is 353 g/mol. The second-order valence-corrected chi connectivity index (χ2v) is 6.00. The Kier molecular flexibility index (Phi) is 4.92. The molecule has 8 nitrogen and oxygen atoms in total. The Balaban J connectivity index is 1.78. The summed E-state index contributed by atoms with van der Waals surface area (Å²) in [7, 11) is 0. The smallest absolute Gasteiger partial charge is 0.267 e. The first kappa shape index (κ1) is 17.5. The lowest BCUT2D eigenvalue weighted by Crippen LogP contribution is -2.36. The molecule has 2 aromatic heterocycles. The van der Waals surface area contributed by atoms with Crippen molar-refractivity contribution in [2.75, 3.05) is 0 Å². The lowest BCUT2D eigenvalue weighted by molar-refractivity contribution is -0.124. The highest BCUT2D eigenvalue weighted by Gasteiger charge is 2.18. The van der Waals surface area contributed by atoms with Crippen LogP contribution in [0.4, 0.5) is 0 Å². The van der Waals surface area contributed by atoms with Gasteiger partial charge in [0.2, 0.25) is 11.8 Å². The van der Waals surface area contributed by atoms with Crippen molar-refractivity contribution in [2.24, 2.45) is 0 Å². The summed E-state index contributed by atoms with van der Waals surface area (Å²) in [5, 5.41) is 10.7. The van der Waals surface area contributed by atoms with Gasteiger partial charge in [0.25, 0.3) is 5.56 Å². The number of rotatable bonds is 5. The van der Waals surface area contributed by atoms with Crippen LogP contribution in [0.3, 0.4) is 0 Å². The van der Waals surface area contributed by atoms with Gasteiger partial charge >= 0.3 is 0 Å². The Labute approximate surface area is 149 Å². The topological polar surface area (TPSA) is 103 Å². The molecule has 0 saturated carbocycles. The van der Waals surface area contributed by atoms with Crippen LogP contribution in [0.2, 0.25) is 0 Å². The van der Waals surface area contributed by atoms with Gasteiger partial charge in [0.1, 0.15) is 6.04 Å². The molecule has 8 heteroatoms. The predicted molar refractivity (Wildman–Crippen MR) is 94.3 cm³/mol. The third kappa shape index (κ3) is 3.85. The standard InChI is InChI=1S/C18H19N5O3/c1-11-4-6-14(7-5-11)15-8-9-17(24)23(21-15)12(2)18(25)19-10-16-20-13(3)22-26-16/h4-9,12H,10H2,1-3H3,(H,19,25). The summed E-state index contributed by atoms with van der Waals surface area (Å²) in [5.74, 6) is 0.430. The van der Waals surface area contributed by atoms with Gasteiger partial charge in [-0.15, -0.1) is 0 Å². The molecule has 26 heavy (non-hydrogen) atoms. The lowest BCUT2D eigenvalue weighted by Gasteiger charge is -2.14. The molecule has 0 fully saturated rings. The molecule has 0 radical (unpaired) electrons. The highest BCUT2D eigenvalue weighted by molar-refractivity contribution is 5.79. The molecular weight excluding hydrogens is 334 g/mol. The largest absolute Gasteiger partial charge is 0.345 e. The van der Waals surface area contributed by atoms with E-state index in [2.05, 4.69) is 20.6 Å². The maximum absolute atomic E-state index is 12.4. The Hall–Kier alpha value is -3.29. The van der Waals surface area contributed by atoms with Crippen LogP contribution in [0.5, 0.6) is 0 Å². The molecule has 2 heterocycles. The first-order chi connectivity index (χ1) is 12.4. The minimum absolute atomic E-state index is 0.0937. The van der Waals surface area contributed by atoms with Crippen LogP contribution in [-0.2, 0) is 11.3 Å². The molecular formula is C18H19N5O3. The number of nitrogens with zero attached hydrogens (tertiary/aromatic N) is 4. The van der Waals surface area contributed by atoms with E-state index in [9.17, 15) is 9.59 Å². The van der Waals surface area contributed by atoms with Gasteiger partial charge in [-0.1, -0.05) is 35.0 Å². The summed E-state index contributed by atoms with van der Waals surface area (Å²) >= 11 is 0. The molecule has 134 valence electrons. The normalized spacial score (nSPS) is 12.0. The molecule has 3 rings (SSSR count). The fourth-order valence-electron chi connectivity index (χ4n) is 2.41. The second kappa shape index (κ2) is 7.30. The van der Waals surface area contributed by atoms with Gasteiger partial charge in [-0.2, -0.15) is 10.1 Å². The maximum Gasteiger partial charge on any atom is 0.267 e. The van der Waals surface area contributed by atoms with Gasteiger partial charge < -0.3 is 9.84 Å². The molecule has 1 aromatic carbocycles. The van der Waals surface area contributed by atoms with Crippen LogP contribution >= 0.6 is 0 Å². The zero-order valence-corrected chi connectivity index (χ0v) is 14.8. The number of aromatic nitrogens is 4. The van der Waals surface area contributed by atoms with Crippen LogP contribution < -0.4 is 10.9 Å². The van der Waals surface area contributed by atoms with E-state index in [1.165, 1.54) is 10.7 Å². The molecule has 1 atom stereocenters. The molecule has 0 aliphatic carbocycles. The number of nitrogens with one attached hydrogen (secondary N) is 1. The fourth-order valence-corrected chi connectivity index (χ4v) is 2.41. The molecule has 0 bridgehead atoms. The van der Waals surface area contributed by atoms with E-state index in [0.717, 1.165) is 11.1 Å². The van der Waals surface area contributed by atoms with E-state index in [4.69, 9.17) is 4.52 Å². The van der Waals surface area contributed by atoms with E-state index in [1.54, 1.807) is 19.9 Å². The van der Waals surface area contributed by atoms with Gasteiger partial charge in [-0.05, 0) is 26.8 Å². The highest BCUT2D eigenvalue weighted by Crippen LogP contribution is 2.16. The summed E-state index contributed by atoms with van der Waals surface area (Å²) in [6.07, 6.45) is 0. The second-order valence-electron chi connectivity index (χ2n) is 6.00. The minimum atomic E-state index is -0.781. The lowest BCUT2D eigenvalue weighted by atomic mass is 10.1. The van der Waals surface area contributed by atoms with Crippen molar-refractivity contribution in [3.63, 3.8) is 0 Å². The van der Waals surface area contributed by atoms with Crippen molar-refractivity contribution in [2.45, 2.75) is 33.4 Å². The zero-order chi connectivity index (χ0) is 18.7. The summed E-state index contributed by atoms with van der Waals surface area (Å²) < 4.78 is 6.12. The maximum atomic E-state index is 12.4. The van der Waals surface area contributed by atoms with Crippen molar-refractivity contribution in [1.29, 1.82) is 0 Å². The van der Waals surface area contributed by atoms with Crippen molar-refractivity contribution in [3.8, 4) is 11.3 Å². The van der Waals surface area contributed by atoms with Crippen LogP contribution in [-0.4, -0.2) is 25.8 Å². The predicted octanol–water partition coefficient (Wildman–Crippen LogP) is 1.79. The molecule has 0 saturated heterocycles. The number of benzene rings is 1. The van der Waals surface area contributed by atoms with Crippen molar-refractivity contribution in [3.05, 3.63) is 64.0 Å². The Morgan fingerprint density at radius 1 is 1.19 bits per heavy atom. The first-order valence-electron chi connectivity index (χ1n) is 8.18. The number of hydrogen-bond acceptors (Lipinski definition) is 6. The van der Waals surface area contributed by atoms with E-state index < -0.39 is 6.04 Å². The molecule has 1 N–H and O–H groups in total. The van der Waals surface area contributed by atoms with Gasteiger partial charge in [0.05, 0.1) is 12.2 Å². The van der Waals surface area contributed by atoms with E-state index >= 15 is 0 Å². The van der Waals surface area contributed by atoms with Crippen molar-refractivity contribution in [1.82, 2.24) is 25.2 Å². The average Bonchev–Trinajstić information content (AvgIpc) is 3.05. The van der Waals surface area contributed by atoms with Gasteiger partial charge in [0, 0.05) is 11.6 Å². The molecule has 0 aliphatic heterocycles. The highest BCUT2D eigenvalue weighted by atomic mass is 16.5. The van der Waals surface area contributed by atoms with Gasteiger partial charge in [-0.25, -0.2) is 4.68 Å². The number of aryl methyl sites for hydroxylation is 2. The quantitative estimate of drug-likeness (QED) is 0.750. The summed E-state index contributed by atoms with van der Waals surface area (Å²) in [6, 6.07) is 10.1. The number of carbonyl (C=O) groups is 1. The summed E-state index contributed by atoms with van der Waals surface area (Å²) in [5.41, 5.74) is 2.28. The number of carbonyl (C=O) groups excluding carboxylic acids is 1. The van der Waals surface area contributed by atoms with Gasteiger partial charge in [0.15, 0.2) is 5.82 Å². The summed E-state index contributed by atoms with van der Waals surface area (Å²) in [4.78, 5) is 28.5. The Morgan fingerprint density at radius 2 is 1.92 bits per heavy atom.